The van der Waals surface area contributed by atoms with Gasteiger partial charge >= 0.3 is 11.8 Å². The molecule has 1 heterocycles. The first-order valence-electron chi connectivity index (χ1n) is 5.67. The van der Waals surface area contributed by atoms with Gasteiger partial charge in [0.2, 0.25) is 0 Å². The van der Waals surface area contributed by atoms with E-state index in [0.29, 0.717) is 15.6 Å². The third-order valence-corrected chi connectivity index (χ3v) is 3.40. The molecule has 0 spiro atoms. The molecular formula is C12H9Cl2N3O4. The smallest absolute Gasteiger partial charge is 0.390 e. The van der Waals surface area contributed by atoms with Crippen LogP contribution in [0.2, 0.25) is 10.0 Å². The Morgan fingerprint density at radius 3 is 2.67 bits per heavy atom. The zero-order chi connectivity index (χ0) is 15.6. The molecule has 0 unspecified atom stereocenters. The molecule has 0 saturated carbocycles. The minimum absolute atomic E-state index is 0.0183. The first-order chi connectivity index (χ1) is 9.92. The summed E-state index contributed by atoms with van der Waals surface area (Å²) in [4.78, 5) is 21.7. The molecule has 0 aliphatic carbocycles. The monoisotopic (exact) mass is 329 g/mol. The van der Waals surface area contributed by atoms with E-state index in [1.165, 1.54) is 11.8 Å². The highest BCUT2D eigenvalue weighted by atomic mass is 35.5. The van der Waals surface area contributed by atoms with Crippen molar-refractivity contribution in [1.29, 1.82) is 0 Å². The minimum Gasteiger partial charge on any atom is -0.464 e. The van der Waals surface area contributed by atoms with E-state index >= 15 is 0 Å². The number of benzene rings is 1. The maximum absolute atomic E-state index is 11.6. The second kappa shape index (κ2) is 6.11. The van der Waals surface area contributed by atoms with Crippen LogP contribution in [0.4, 0.5) is 5.82 Å². The van der Waals surface area contributed by atoms with Gasteiger partial charge in [0.25, 0.3) is 0 Å². The van der Waals surface area contributed by atoms with E-state index in [1.807, 2.05) is 0 Å². The fourth-order valence-electron chi connectivity index (χ4n) is 1.69. The summed E-state index contributed by atoms with van der Waals surface area (Å²) in [6.45, 7) is 0.120. The number of nitrogens with zero attached hydrogens (tertiary/aromatic N) is 3. The molecule has 0 aliphatic rings. The average Bonchev–Trinajstić information content (AvgIpc) is 2.86. The number of rotatable bonds is 4. The first-order valence-corrected chi connectivity index (χ1v) is 6.42. The summed E-state index contributed by atoms with van der Waals surface area (Å²) in [7, 11) is 1.19. The van der Waals surface area contributed by atoms with Crippen molar-refractivity contribution in [2.75, 3.05) is 7.11 Å². The molecule has 0 fully saturated rings. The van der Waals surface area contributed by atoms with Gasteiger partial charge in [-0.25, -0.2) is 4.79 Å². The highest BCUT2D eigenvalue weighted by Gasteiger charge is 2.24. The molecule has 1 aromatic heterocycles. The van der Waals surface area contributed by atoms with Crippen LogP contribution < -0.4 is 0 Å². The Hall–Kier alpha value is -2.12. The highest BCUT2D eigenvalue weighted by molar-refractivity contribution is 6.42. The van der Waals surface area contributed by atoms with Crippen molar-refractivity contribution in [2.24, 2.45) is 0 Å². The number of carbonyl (C=O) groups is 1. The SMILES string of the molecule is COC(=O)c1cc([N+](=O)[O-])nn1Cc1ccc(Cl)c(Cl)c1. The van der Waals surface area contributed by atoms with Crippen LogP contribution in [0.3, 0.4) is 0 Å². The number of ether oxygens (including phenoxy) is 1. The minimum atomic E-state index is -0.712. The van der Waals surface area contributed by atoms with Crippen LogP contribution in [0.5, 0.6) is 0 Å². The standard InChI is InChI=1S/C12H9Cl2N3O4/c1-21-12(18)10-5-11(17(19)20)15-16(10)6-7-2-3-8(13)9(14)4-7/h2-5H,6H2,1H3. The first kappa shape index (κ1) is 15.3. The third-order valence-electron chi connectivity index (χ3n) is 2.67. The van der Waals surface area contributed by atoms with Gasteiger partial charge in [0.15, 0.2) is 5.69 Å². The van der Waals surface area contributed by atoms with Gasteiger partial charge in [0, 0.05) is 0 Å². The van der Waals surface area contributed by atoms with Crippen LogP contribution in [-0.2, 0) is 11.3 Å². The summed E-state index contributed by atoms with van der Waals surface area (Å²) in [6.07, 6.45) is 0. The quantitative estimate of drug-likeness (QED) is 0.489. The van der Waals surface area contributed by atoms with Gasteiger partial charge in [0.1, 0.15) is 0 Å². The molecule has 9 heteroatoms. The zero-order valence-corrected chi connectivity index (χ0v) is 12.3. The molecule has 2 aromatic rings. The van der Waals surface area contributed by atoms with E-state index in [1.54, 1.807) is 18.2 Å². The van der Waals surface area contributed by atoms with Crippen LogP contribution in [-0.4, -0.2) is 27.8 Å². The molecule has 1 aromatic carbocycles. The fourth-order valence-corrected chi connectivity index (χ4v) is 2.01. The maximum Gasteiger partial charge on any atom is 0.390 e. The number of aromatic nitrogens is 2. The van der Waals surface area contributed by atoms with Crippen molar-refractivity contribution >= 4 is 35.0 Å². The predicted octanol–water partition coefficient (Wildman–Crippen LogP) is 2.93. The molecule has 21 heavy (non-hydrogen) atoms. The molecule has 0 N–H and O–H groups in total. The molecule has 110 valence electrons. The van der Waals surface area contributed by atoms with Crippen molar-refractivity contribution in [3.8, 4) is 0 Å². The molecule has 0 saturated heterocycles. The maximum atomic E-state index is 11.6. The van der Waals surface area contributed by atoms with Gasteiger partial charge < -0.3 is 14.9 Å². The van der Waals surface area contributed by atoms with Crippen LogP contribution >= 0.6 is 23.2 Å². The van der Waals surface area contributed by atoms with Crippen molar-refractivity contribution in [3.63, 3.8) is 0 Å². The van der Waals surface area contributed by atoms with E-state index in [4.69, 9.17) is 23.2 Å². The Morgan fingerprint density at radius 1 is 1.38 bits per heavy atom. The van der Waals surface area contributed by atoms with Crippen molar-refractivity contribution < 1.29 is 14.5 Å². The lowest BCUT2D eigenvalue weighted by Gasteiger charge is -2.03. The van der Waals surface area contributed by atoms with Gasteiger partial charge in [0.05, 0.1) is 34.9 Å². The van der Waals surface area contributed by atoms with E-state index in [0.717, 1.165) is 6.07 Å². The number of esters is 1. The van der Waals surface area contributed by atoms with Crippen LogP contribution in [0.1, 0.15) is 16.1 Å². The Morgan fingerprint density at radius 2 is 2.10 bits per heavy atom. The summed E-state index contributed by atoms with van der Waals surface area (Å²) >= 11 is 11.7. The molecule has 0 amide bonds. The molecule has 0 aliphatic heterocycles. The Labute approximate surface area is 129 Å². The molecule has 2 rings (SSSR count). The van der Waals surface area contributed by atoms with Gasteiger partial charge in [-0.1, -0.05) is 29.3 Å². The molecular weight excluding hydrogens is 321 g/mol. The third kappa shape index (κ3) is 3.32. The van der Waals surface area contributed by atoms with Crippen molar-refractivity contribution in [1.82, 2.24) is 9.78 Å². The largest absolute Gasteiger partial charge is 0.464 e. The summed E-state index contributed by atoms with van der Waals surface area (Å²) < 4.78 is 5.77. The predicted molar refractivity (Wildman–Crippen MR) is 75.8 cm³/mol. The lowest BCUT2D eigenvalue weighted by Crippen LogP contribution is -2.12. The topological polar surface area (TPSA) is 87.3 Å². The van der Waals surface area contributed by atoms with Crippen LogP contribution in [0.15, 0.2) is 24.3 Å². The van der Waals surface area contributed by atoms with Gasteiger partial charge in [-0.2, -0.15) is 4.68 Å². The summed E-state index contributed by atoms with van der Waals surface area (Å²) in [6, 6.07) is 5.93. The van der Waals surface area contributed by atoms with Crippen molar-refractivity contribution in [2.45, 2.75) is 6.54 Å². The van der Waals surface area contributed by atoms with Crippen LogP contribution in [0, 0.1) is 10.1 Å². The number of hydrogen-bond donors (Lipinski definition) is 0. The second-order valence-electron chi connectivity index (χ2n) is 4.04. The number of methoxy groups -OCH3 is 1. The number of hydrogen-bond acceptors (Lipinski definition) is 5. The number of nitro groups is 1. The van der Waals surface area contributed by atoms with E-state index < -0.39 is 16.7 Å². The van der Waals surface area contributed by atoms with Crippen LogP contribution in [0.25, 0.3) is 0 Å². The van der Waals surface area contributed by atoms with E-state index in [9.17, 15) is 14.9 Å². The van der Waals surface area contributed by atoms with Crippen molar-refractivity contribution in [3.05, 3.63) is 55.7 Å². The normalized spacial score (nSPS) is 10.4. The highest BCUT2D eigenvalue weighted by Crippen LogP contribution is 2.23. The number of carbonyl (C=O) groups excluding carboxylic acids is 1. The Balaban J connectivity index is 2.39. The Bertz CT molecular complexity index is 715. The average molecular weight is 330 g/mol. The summed E-state index contributed by atoms with van der Waals surface area (Å²) in [5.74, 6) is -1.15. The van der Waals surface area contributed by atoms with Gasteiger partial charge in [-0.05, 0) is 22.6 Å². The molecule has 7 nitrogen and oxygen atoms in total. The zero-order valence-electron chi connectivity index (χ0n) is 10.7. The fraction of sp³-hybridized carbons (Fsp3) is 0.167. The second-order valence-corrected chi connectivity index (χ2v) is 4.86. The van der Waals surface area contributed by atoms with E-state index in [2.05, 4.69) is 9.84 Å². The molecule has 0 bridgehead atoms. The Kier molecular flexibility index (Phi) is 4.44. The lowest BCUT2D eigenvalue weighted by molar-refractivity contribution is -0.389. The lowest BCUT2D eigenvalue weighted by atomic mass is 10.2. The molecule has 0 atom stereocenters. The number of halogens is 2. The van der Waals surface area contributed by atoms with Gasteiger partial charge in [-0.15, -0.1) is 0 Å². The van der Waals surface area contributed by atoms with E-state index in [-0.39, 0.29) is 12.2 Å². The molecule has 0 radical (unpaired) electrons. The summed E-state index contributed by atoms with van der Waals surface area (Å²) in [5.41, 5.74) is 0.669. The summed E-state index contributed by atoms with van der Waals surface area (Å²) in [5, 5.41) is 15.3. The van der Waals surface area contributed by atoms with Gasteiger partial charge in [-0.3, -0.25) is 0 Å².